The van der Waals surface area contributed by atoms with Crippen molar-refractivity contribution in [2.75, 3.05) is 9.80 Å². The predicted molar refractivity (Wildman–Crippen MR) is 283 cm³/mol. The van der Waals surface area contributed by atoms with Gasteiger partial charge in [0.2, 0.25) is 0 Å². The van der Waals surface area contributed by atoms with Crippen LogP contribution in [0.15, 0.2) is 235 Å². The number of hydrogen-bond donors (Lipinski definition) is 0. The number of nitrogens with zero attached hydrogens (tertiary/aromatic N) is 2. The predicted octanol–water partition coefficient (Wildman–Crippen LogP) is 16.5. The molecule has 0 saturated carbocycles. The number of rotatable bonds is 7. The number of benzene rings is 11. The number of hydrogen-bond acceptors (Lipinski definition) is 3. The van der Waals surface area contributed by atoms with Crippen molar-refractivity contribution in [2.45, 2.75) is 13.1 Å². The minimum Gasteiger partial charge on any atom is -0.454 e. The van der Waals surface area contributed by atoms with Crippen molar-refractivity contribution in [2.24, 2.45) is 0 Å². The molecule has 0 saturated heterocycles. The normalized spacial score (nSPS) is 12.8. The van der Waals surface area contributed by atoms with E-state index in [0.717, 1.165) is 55.9 Å². The summed E-state index contributed by atoms with van der Waals surface area (Å²) in [7, 11) is -2.35. The van der Waals surface area contributed by atoms with Gasteiger partial charge in [0.05, 0.1) is 17.1 Å². The molecule has 0 bridgehead atoms. The Kier molecular flexibility index (Phi) is 8.67. The van der Waals surface area contributed by atoms with Gasteiger partial charge in [0.1, 0.15) is 13.7 Å². The van der Waals surface area contributed by atoms with Crippen molar-refractivity contribution in [1.29, 1.82) is 0 Å². The average molecular weight is 861 g/mol. The molecule has 1 aliphatic heterocycles. The van der Waals surface area contributed by atoms with Gasteiger partial charge in [0.15, 0.2) is 5.58 Å². The third-order valence-electron chi connectivity index (χ3n) is 14.0. The first-order valence-corrected chi connectivity index (χ1v) is 25.8. The second kappa shape index (κ2) is 14.9. The summed E-state index contributed by atoms with van der Waals surface area (Å²) >= 11 is 0. The number of para-hydroxylation sites is 4. The molecule has 3 nitrogen and oxygen atoms in total. The van der Waals surface area contributed by atoms with E-state index in [9.17, 15) is 0 Å². The molecule has 0 spiro atoms. The van der Waals surface area contributed by atoms with Gasteiger partial charge in [-0.3, -0.25) is 0 Å². The second-order valence-corrected chi connectivity index (χ2v) is 22.4. The minimum absolute atomic E-state index is 0.876. The summed E-state index contributed by atoms with van der Waals surface area (Å²) in [5.41, 5.74) is 13.3. The smallest absolute Gasteiger partial charge is 0.159 e. The topological polar surface area (TPSA) is 19.6 Å². The molecule has 1 aliphatic rings. The quantitative estimate of drug-likeness (QED) is 0.118. The van der Waals surface area contributed by atoms with Crippen molar-refractivity contribution in [3.63, 3.8) is 0 Å². The molecule has 11 aromatic carbocycles. The Bertz CT molecular complexity index is 3870. The lowest BCUT2D eigenvalue weighted by molar-refractivity contribution is 0.669. The molecule has 0 atom stereocenters. The van der Waals surface area contributed by atoms with E-state index < -0.39 is 8.07 Å². The first kappa shape index (κ1) is 38.3. The molecule has 0 N–H and O–H groups in total. The first-order chi connectivity index (χ1) is 32.5. The van der Waals surface area contributed by atoms with E-state index in [4.69, 9.17) is 4.42 Å². The van der Waals surface area contributed by atoms with Gasteiger partial charge in [-0.1, -0.05) is 183 Å². The minimum atomic E-state index is -2.35. The number of fused-ring (bicyclic) bond motifs is 8. The zero-order chi connectivity index (χ0) is 43.9. The van der Waals surface area contributed by atoms with Crippen LogP contribution in [0.1, 0.15) is 0 Å². The fraction of sp³-hybridized carbons (Fsp3) is 0.0323. The van der Waals surface area contributed by atoms with Gasteiger partial charge in [-0.25, -0.2) is 0 Å². The Morgan fingerprint density at radius 3 is 1.86 bits per heavy atom. The van der Waals surface area contributed by atoms with Crippen LogP contribution in [0.5, 0.6) is 0 Å². The molecule has 12 aromatic rings. The van der Waals surface area contributed by atoms with Crippen LogP contribution in [0.4, 0.5) is 34.1 Å². The van der Waals surface area contributed by atoms with Crippen molar-refractivity contribution in [1.82, 2.24) is 0 Å². The van der Waals surface area contributed by atoms with Crippen LogP contribution in [0.3, 0.4) is 0 Å². The fourth-order valence-corrected chi connectivity index (χ4v) is 14.0. The van der Waals surface area contributed by atoms with Gasteiger partial charge >= 0.3 is 0 Å². The molecule has 13 rings (SSSR count). The Balaban J connectivity index is 1.01. The highest BCUT2D eigenvalue weighted by Gasteiger charge is 2.37. The van der Waals surface area contributed by atoms with E-state index in [1.165, 1.54) is 65.1 Å². The highest BCUT2D eigenvalue weighted by molar-refractivity contribution is 7.03. The van der Waals surface area contributed by atoms with Crippen LogP contribution in [0.2, 0.25) is 13.1 Å². The van der Waals surface area contributed by atoms with Crippen LogP contribution >= 0.6 is 0 Å². The van der Waals surface area contributed by atoms with Gasteiger partial charge in [-0.2, -0.15) is 0 Å². The standard InChI is InChI=1S/C62H44N2OSi/c1-66(2)59-30-16-26-54-56(63(44-20-7-4-8-21-44)45-33-35-48-43(39-45)32-31-42-19-9-10-22-47(42)48)38-37-52(61(54)59)51-36-34-46(40-60(51)66)64(55-27-13-11-23-49(55)41-17-5-3-6-18-41)57-28-15-25-53-50-24-12-14-29-58(50)65-62(53)57/h3-40H,1-2H3. The van der Waals surface area contributed by atoms with Crippen LogP contribution < -0.4 is 20.2 Å². The maximum Gasteiger partial charge on any atom is 0.159 e. The van der Waals surface area contributed by atoms with Gasteiger partial charge in [0, 0.05) is 38.8 Å². The largest absolute Gasteiger partial charge is 0.454 e. The third kappa shape index (κ3) is 5.89. The highest BCUT2D eigenvalue weighted by atomic mass is 28.3. The Morgan fingerprint density at radius 1 is 0.348 bits per heavy atom. The zero-order valence-corrected chi connectivity index (χ0v) is 37.7. The summed E-state index contributed by atoms with van der Waals surface area (Å²) in [5.74, 6) is 0. The summed E-state index contributed by atoms with van der Waals surface area (Å²) < 4.78 is 6.79. The molecule has 1 aromatic heterocycles. The molecule has 2 heterocycles. The van der Waals surface area contributed by atoms with Crippen molar-refractivity contribution in [3.05, 3.63) is 231 Å². The van der Waals surface area contributed by atoms with E-state index >= 15 is 0 Å². The molecular formula is C62H44N2OSi. The Hall–Kier alpha value is -8.18. The molecule has 0 aliphatic carbocycles. The number of furan rings is 1. The monoisotopic (exact) mass is 860 g/mol. The summed E-state index contributed by atoms with van der Waals surface area (Å²) in [6.45, 7) is 5.07. The lowest BCUT2D eigenvalue weighted by Gasteiger charge is -2.36. The fourth-order valence-electron chi connectivity index (χ4n) is 10.9. The maximum absolute atomic E-state index is 6.79. The van der Waals surface area contributed by atoms with E-state index in [1.807, 2.05) is 0 Å². The summed E-state index contributed by atoms with van der Waals surface area (Å²) in [4.78, 5) is 4.88. The van der Waals surface area contributed by atoms with Crippen LogP contribution in [0, 0.1) is 0 Å². The average Bonchev–Trinajstić information content (AvgIpc) is 3.76. The van der Waals surface area contributed by atoms with Gasteiger partial charge in [-0.15, -0.1) is 0 Å². The Morgan fingerprint density at radius 2 is 0.985 bits per heavy atom. The van der Waals surface area contributed by atoms with E-state index in [-0.39, 0.29) is 0 Å². The number of anilines is 6. The van der Waals surface area contributed by atoms with Crippen LogP contribution in [-0.4, -0.2) is 8.07 Å². The molecule has 4 heteroatoms. The maximum atomic E-state index is 6.79. The third-order valence-corrected chi connectivity index (χ3v) is 17.5. The van der Waals surface area contributed by atoms with Gasteiger partial charge < -0.3 is 14.2 Å². The molecule has 312 valence electrons. The molecule has 0 unspecified atom stereocenters. The van der Waals surface area contributed by atoms with E-state index in [0.29, 0.717) is 0 Å². The first-order valence-electron chi connectivity index (χ1n) is 22.8. The van der Waals surface area contributed by atoms with Crippen molar-refractivity contribution >= 4 is 107 Å². The van der Waals surface area contributed by atoms with E-state index in [1.54, 1.807) is 0 Å². The molecule has 0 radical (unpaired) electrons. The zero-order valence-electron chi connectivity index (χ0n) is 36.7. The molecule has 66 heavy (non-hydrogen) atoms. The van der Waals surface area contributed by atoms with Gasteiger partial charge in [0.25, 0.3) is 0 Å². The SMILES string of the molecule is C[Si]1(C)c2cc(N(c3ccccc3-c3ccccc3)c3cccc4c3oc3ccccc34)ccc2-c2ccc(N(c3ccccc3)c3ccc4c(ccc5ccccc54)c3)c3cccc1c23. The van der Waals surface area contributed by atoms with Crippen LogP contribution in [-0.2, 0) is 0 Å². The van der Waals surface area contributed by atoms with Gasteiger partial charge in [-0.05, 0) is 115 Å². The molecule has 0 fully saturated rings. The van der Waals surface area contributed by atoms with Crippen molar-refractivity contribution in [3.8, 4) is 22.3 Å². The summed E-state index contributed by atoms with van der Waals surface area (Å²) in [5, 5.41) is 12.8. The lowest BCUT2D eigenvalue weighted by Crippen LogP contribution is -2.56. The van der Waals surface area contributed by atoms with Crippen molar-refractivity contribution < 1.29 is 4.42 Å². The molecule has 0 amide bonds. The van der Waals surface area contributed by atoms with E-state index in [2.05, 4.69) is 253 Å². The summed E-state index contributed by atoms with van der Waals surface area (Å²) in [6.07, 6.45) is 0. The summed E-state index contributed by atoms with van der Waals surface area (Å²) in [6, 6.07) is 84.4. The lowest BCUT2D eigenvalue weighted by atomic mass is 9.94. The second-order valence-electron chi connectivity index (χ2n) is 18.0. The highest BCUT2D eigenvalue weighted by Crippen LogP contribution is 2.48. The van der Waals surface area contributed by atoms with Crippen LogP contribution in [0.25, 0.3) is 76.5 Å². The molecular weight excluding hydrogens is 817 g/mol. The Labute approximate surface area is 385 Å².